The molecule has 1 aromatic rings. The minimum atomic E-state index is 0.307. The Morgan fingerprint density at radius 1 is 1.06 bits per heavy atom. The molecule has 102 valence electrons. The van der Waals surface area contributed by atoms with Gasteiger partial charge in [0.1, 0.15) is 0 Å². The molecule has 18 heavy (non-hydrogen) atoms. The molecule has 1 aromatic carbocycles. The number of likely N-dealkylation sites (N-methyl/N-ethyl adjacent to an activating group) is 1. The van der Waals surface area contributed by atoms with Gasteiger partial charge in [0, 0.05) is 6.61 Å². The van der Waals surface area contributed by atoms with Crippen molar-refractivity contribution < 1.29 is 4.74 Å². The number of unbranched alkanes of at least 4 members (excludes halogenated alkanes) is 4. The van der Waals surface area contributed by atoms with Gasteiger partial charge in [-0.1, -0.05) is 62.9 Å². The Bertz CT molecular complexity index is 286. The van der Waals surface area contributed by atoms with E-state index in [0.29, 0.717) is 6.04 Å². The van der Waals surface area contributed by atoms with E-state index in [0.717, 1.165) is 13.2 Å². The summed E-state index contributed by atoms with van der Waals surface area (Å²) >= 11 is 0. The quantitative estimate of drug-likeness (QED) is 0.634. The molecule has 0 bridgehead atoms. The van der Waals surface area contributed by atoms with Crippen LogP contribution in [0.25, 0.3) is 0 Å². The van der Waals surface area contributed by atoms with Gasteiger partial charge in [-0.25, -0.2) is 0 Å². The van der Waals surface area contributed by atoms with Crippen LogP contribution in [0.1, 0.15) is 50.6 Å². The van der Waals surface area contributed by atoms with E-state index in [4.69, 9.17) is 4.74 Å². The molecule has 0 aliphatic heterocycles. The lowest BCUT2D eigenvalue weighted by atomic mass is 10.1. The summed E-state index contributed by atoms with van der Waals surface area (Å²) in [6.07, 6.45) is 6.47. The highest BCUT2D eigenvalue weighted by molar-refractivity contribution is 5.18. The van der Waals surface area contributed by atoms with Crippen LogP contribution < -0.4 is 5.32 Å². The van der Waals surface area contributed by atoms with E-state index >= 15 is 0 Å². The van der Waals surface area contributed by atoms with Gasteiger partial charge in [-0.2, -0.15) is 0 Å². The zero-order valence-corrected chi connectivity index (χ0v) is 11.8. The molecule has 0 saturated heterocycles. The lowest BCUT2D eigenvalue weighted by Gasteiger charge is -2.16. The number of ether oxygens (including phenoxy) is 1. The van der Waals surface area contributed by atoms with Crippen LogP contribution in [-0.4, -0.2) is 20.3 Å². The van der Waals surface area contributed by atoms with Gasteiger partial charge in [-0.3, -0.25) is 0 Å². The van der Waals surface area contributed by atoms with Crippen LogP contribution in [0.2, 0.25) is 0 Å². The smallest absolute Gasteiger partial charge is 0.0661 e. The van der Waals surface area contributed by atoms with Crippen LogP contribution in [0.3, 0.4) is 0 Å². The van der Waals surface area contributed by atoms with Crippen molar-refractivity contribution in [3.8, 4) is 0 Å². The van der Waals surface area contributed by atoms with Crippen molar-refractivity contribution in [1.82, 2.24) is 5.32 Å². The van der Waals surface area contributed by atoms with Crippen molar-refractivity contribution in [2.75, 3.05) is 20.3 Å². The van der Waals surface area contributed by atoms with E-state index < -0.39 is 0 Å². The molecule has 0 heterocycles. The van der Waals surface area contributed by atoms with E-state index in [2.05, 4.69) is 36.5 Å². The first-order chi connectivity index (χ1) is 8.88. The van der Waals surface area contributed by atoms with Gasteiger partial charge in [0.15, 0.2) is 0 Å². The lowest BCUT2D eigenvalue weighted by molar-refractivity contribution is 0.110. The second-order valence-electron chi connectivity index (χ2n) is 4.74. The van der Waals surface area contributed by atoms with E-state index in [9.17, 15) is 0 Å². The van der Waals surface area contributed by atoms with Gasteiger partial charge >= 0.3 is 0 Å². The molecule has 0 fully saturated rings. The molecule has 2 heteroatoms. The maximum absolute atomic E-state index is 5.76. The van der Waals surface area contributed by atoms with Crippen LogP contribution in [0.15, 0.2) is 30.3 Å². The number of hydrogen-bond donors (Lipinski definition) is 1. The predicted octanol–water partition coefficient (Wildman–Crippen LogP) is 3.93. The van der Waals surface area contributed by atoms with Crippen molar-refractivity contribution in [2.24, 2.45) is 0 Å². The average Bonchev–Trinajstić information content (AvgIpc) is 2.43. The zero-order valence-electron chi connectivity index (χ0n) is 11.8. The number of nitrogens with one attached hydrogen (secondary N) is 1. The summed E-state index contributed by atoms with van der Waals surface area (Å²) in [4.78, 5) is 0. The summed E-state index contributed by atoms with van der Waals surface area (Å²) < 4.78 is 5.76. The molecule has 0 aliphatic carbocycles. The molecule has 0 aromatic heterocycles. The molecule has 2 nitrogen and oxygen atoms in total. The third-order valence-corrected chi connectivity index (χ3v) is 3.23. The van der Waals surface area contributed by atoms with E-state index in [1.807, 2.05) is 13.1 Å². The van der Waals surface area contributed by atoms with Crippen LogP contribution in [0, 0.1) is 0 Å². The van der Waals surface area contributed by atoms with Crippen molar-refractivity contribution >= 4 is 0 Å². The van der Waals surface area contributed by atoms with Crippen LogP contribution in [-0.2, 0) is 4.74 Å². The van der Waals surface area contributed by atoms with Gasteiger partial charge in [-0.05, 0) is 19.0 Å². The molecule has 1 N–H and O–H groups in total. The molecule has 0 radical (unpaired) electrons. The number of hydrogen-bond acceptors (Lipinski definition) is 2. The first-order valence-electron chi connectivity index (χ1n) is 7.18. The Balaban J connectivity index is 2.13. The molecule has 1 rings (SSSR count). The summed E-state index contributed by atoms with van der Waals surface area (Å²) in [6, 6.07) is 10.8. The minimum Gasteiger partial charge on any atom is -0.379 e. The maximum Gasteiger partial charge on any atom is 0.0661 e. The highest BCUT2D eigenvalue weighted by atomic mass is 16.5. The fourth-order valence-corrected chi connectivity index (χ4v) is 2.04. The average molecular weight is 249 g/mol. The van der Waals surface area contributed by atoms with Crippen molar-refractivity contribution in [1.29, 1.82) is 0 Å². The molecule has 0 aliphatic rings. The molecule has 0 spiro atoms. The van der Waals surface area contributed by atoms with E-state index in [1.54, 1.807) is 0 Å². The van der Waals surface area contributed by atoms with Gasteiger partial charge < -0.3 is 10.1 Å². The summed E-state index contributed by atoms with van der Waals surface area (Å²) in [5.41, 5.74) is 1.30. The third kappa shape index (κ3) is 6.18. The minimum absolute atomic E-state index is 0.307. The Hall–Kier alpha value is -0.860. The SMILES string of the molecule is CCCCCCCOCC(NC)c1ccccc1. The normalized spacial score (nSPS) is 12.6. The molecule has 0 amide bonds. The van der Waals surface area contributed by atoms with Gasteiger partial charge in [0.05, 0.1) is 12.6 Å². The van der Waals surface area contributed by atoms with Crippen molar-refractivity contribution in [2.45, 2.75) is 45.1 Å². The highest BCUT2D eigenvalue weighted by Crippen LogP contribution is 2.12. The fourth-order valence-electron chi connectivity index (χ4n) is 2.04. The van der Waals surface area contributed by atoms with Crippen LogP contribution in [0.5, 0.6) is 0 Å². The first kappa shape index (κ1) is 15.2. The number of rotatable bonds is 10. The maximum atomic E-state index is 5.76. The monoisotopic (exact) mass is 249 g/mol. The van der Waals surface area contributed by atoms with Gasteiger partial charge in [0.25, 0.3) is 0 Å². The van der Waals surface area contributed by atoms with Crippen molar-refractivity contribution in [3.05, 3.63) is 35.9 Å². The van der Waals surface area contributed by atoms with Gasteiger partial charge in [0.2, 0.25) is 0 Å². The second-order valence-corrected chi connectivity index (χ2v) is 4.74. The Kier molecular flexibility index (Phi) is 8.53. The number of benzene rings is 1. The van der Waals surface area contributed by atoms with E-state index in [1.165, 1.54) is 37.7 Å². The second kappa shape index (κ2) is 10.1. The molecular weight excluding hydrogens is 222 g/mol. The highest BCUT2D eigenvalue weighted by Gasteiger charge is 2.07. The molecular formula is C16H27NO. The summed E-state index contributed by atoms with van der Waals surface area (Å²) in [7, 11) is 1.99. The van der Waals surface area contributed by atoms with Gasteiger partial charge in [-0.15, -0.1) is 0 Å². The summed E-state index contributed by atoms with van der Waals surface area (Å²) in [6.45, 7) is 3.89. The van der Waals surface area contributed by atoms with Crippen LogP contribution in [0.4, 0.5) is 0 Å². The Labute approximate surface area is 112 Å². The standard InChI is InChI=1S/C16H27NO/c1-3-4-5-6-10-13-18-14-16(17-2)15-11-8-7-9-12-15/h7-9,11-12,16-17H,3-6,10,13-14H2,1-2H3. The summed E-state index contributed by atoms with van der Waals surface area (Å²) in [5.74, 6) is 0. The largest absolute Gasteiger partial charge is 0.379 e. The van der Waals surface area contributed by atoms with Crippen LogP contribution >= 0.6 is 0 Å². The van der Waals surface area contributed by atoms with E-state index in [-0.39, 0.29) is 0 Å². The lowest BCUT2D eigenvalue weighted by Crippen LogP contribution is -2.22. The Morgan fingerprint density at radius 3 is 2.44 bits per heavy atom. The fraction of sp³-hybridized carbons (Fsp3) is 0.625. The first-order valence-corrected chi connectivity index (χ1v) is 7.18. The summed E-state index contributed by atoms with van der Waals surface area (Å²) in [5, 5.41) is 3.30. The van der Waals surface area contributed by atoms with Crippen molar-refractivity contribution in [3.63, 3.8) is 0 Å². The molecule has 1 atom stereocenters. The molecule has 0 saturated carbocycles. The topological polar surface area (TPSA) is 21.3 Å². The zero-order chi connectivity index (χ0) is 13.1. The third-order valence-electron chi connectivity index (χ3n) is 3.23. The molecule has 1 unspecified atom stereocenters. The Morgan fingerprint density at radius 2 is 1.78 bits per heavy atom. The predicted molar refractivity (Wildman–Crippen MR) is 77.8 cm³/mol.